The fourth-order valence-electron chi connectivity index (χ4n) is 9.07. The third kappa shape index (κ3) is 4.16. The number of para-hydroxylation sites is 2. The summed E-state index contributed by atoms with van der Waals surface area (Å²) in [4.78, 5) is 0. The van der Waals surface area contributed by atoms with E-state index in [0.29, 0.717) is 0 Å². The van der Waals surface area contributed by atoms with Crippen LogP contribution in [0.3, 0.4) is 0 Å². The van der Waals surface area contributed by atoms with Crippen molar-refractivity contribution in [3.05, 3.63) is 251 Å². The molecule has 0 bridgehead atoms. The Hall–Kier alpha value is -6.44. The smallest absolute Gasteiger partial charge is 0.140 e. The lowest BCUT2D eigenvalue weighted by atomic mass is 9.63. The van der Waals surface area contributed by atoms with E-state index in [-0.39, 0.29) is 0 Å². The van der Waals surface area contributed by atoms with Gasteiger partial charge >= 0.3 is 0 Å². The average molecular weight is 651 g/mol. The molecule has 0 amide bonds. The van der Waals surface area contributed by atoms with Crippen molar-refractivity contribution in [1.29, 1.82) is 0 Å². The van der Waals surface area contributed by atoms with Crippen molar-refractivity contribution >= 4 is 0 Å². The van der Waals surface area contributed by atoms with E-state index in [1.807, 2.05) is 0 Å². The van der Waals surface area contributed by atoms with E-state index in [2.05, 4.69) is 206 Å². The summed E-state index contributed by atoms with van der Waals surface area (Å²) in [5.41, 5.74) is 13.5. The van der Waals surface area contributed by atoms with Crippen LogP contribution in [0.1, 0.15) is 44.5 Å². The zero-order valence-electron chi connectivity index (χ0n) is 28.0. The van der Waals surface area contributed by atoms with Crippen LogP contribution in [0.5, 0.6) is 11.5 Å². The molecule has 0 N–H and O–H groups in total. The molecule has 0 aromatic heterocycles. The summed E-state index contributed by atoms with van der Waals surface area (Å²) in [7, 11) is 0. The molecule has 51 heavy (non-hydrogen) atoms. The summed E-state index contributed by atoms with van der Waals surface area (Å²) in [5, 5.41) is 0. The number of ether oxygens (including phenoxy) is 1. The van der Waals surface area contributed by atoms with Gasteiger partial charge in [0.15, 0.2) is 0 Å². The second kappa shape index (κ2) is 11.6. The zero-order chi connectivity index (χ0) is 33.8. The largest absolute Gasteiger partial charge is 0.456 e. The predicted octanol–water partition coefficient (Wildman–Crippen LogP) is 12.2. The van der Waals surface area contributed by atoms with Crippen LogP contribution in [-0.2, 0) is 10.8 Å². The topological polar surface area (TPSA) is 9.23 Å². The van der Waals surface area contributed by atoms with Crippen molar-refractivity contribution in [1.82, 2.24) is 0 Å². The van der Waals surface area contributed by atoms with Crippen LogP contribution in [-0.4, -0.2) is 0 Å². The standard InChI is InChI=1S/C50H34O/c1-5-18-36(19-6-1)49(37-20-7-2-8-21-37)43-28-14-13-26-41(43)42-33-32-35(34-46(42)49)40-27-17-30-45-48(40)51-47-31-16-15-29-44(47)50(45,38-22-9-3-10-23-38)39-24-11-4-12-25-39/h1-34H. The zero-order valence-corrected chi connectivity index (χ0v) is 28.0. The molecule has 1 heteroatoms. The van der Waals surface area contributed by atoms with Crippen LogP contribution < -0.4 is 4.74 Å². The van der Waals surface area contributed by atoms with Crippen LogP contribution in [0.25, 0.3) is 22.3 Å². The molecular formula is C50H34O. The van der Waals surface area contributed by atoms with Crippen molar-refractivity contribution < 1.29 is 4.74 Å². The van der Waals surface area contributed by atoms with Gasteiger partial charge in [-0.25, -0.2) is 0 Å². The first kappa shape index (κ1) is 29.5. The molecule has 1 nitrogen and oxygen atoms in total. The maximum Gasteiger partial charge on any atom is 0.140 e. The van der Waals surface area contributed by atoms with Gasteiger partial charge in [-0.15, -0.1) is 0 Å². The average Bonchev–Trinajstić information content (AvgIpc) is 3.51. The van der Waals surface area contributed by atoms with Crippen molar-refractivity contribution in [3.8, 4) is 33.8 Å². The van der Waals surface area contributed by atoms with Crippen molar-refractivity contribution in [2.75, 3.05) is 0 Å². The van der Waals surface area contributed by atoms with Crippen molar-refractivity contribution in [2.24, 2.45) is 0 Å². The molecule has 8 aromatic rings. The van der Waals surface area contributed by atoms with Gasteiger partial charge in [0.1, 0.15) is 11.5 Å². The molecule has 1 aliphatic heterocycles. The Kier molecular flexibility index (Phi) is 6.69. The molecule has 0 saturated heterocycles. The molecule has 0 unspecified atom stereocenters. The summed E-state index contributed by atoms with van der Waals surface area (Å²) >= 11 is 0. The van der Waals surface area contributed by atoms with E-state index in [4.69, 9.17) is 4.74 Å². The van der Waals surface area contributed by atoms with E-state index in [9.17, 15) is 0 Å². The molecule has 0 saturated carbocycles. The van der Waals surface area contributed by atoms with Gasteiger partial charge in [-0.1, -0.05) is 194 Å². The van der Waals surface area contributed by atoms with E-state index in [1.165, 1.54) is 44.5 Å². The van der Waals surface area contributed by atoms with Crippen molar-refractivity contribution in [2.45, 2.75) is 10.8 Å². The predicted molar refractivity (Wildman–Crippen MR) is 208 cm³/mol. The fourth-order valence-corrected chi connectivity index (χ4v) is 9.07. The minimum atomic E-state index is -0.576. The number of hydrogen-bond donors (Lipinski definition) is 0. The maximum atomic E-state index is 7.06. The molecule has 1 aliphatic carbocycles. The summed E-state index contributed by atoms with van der Waals surface area (Å²) in [6.07, 6.45) is 0. The normalized spacial score (nSPS) is 14.4. The van der Waals surface area contributed by atoms with Crippen LogP contribution in [0.4, 0.5) is 0 Å². The molecule has 0 spiro atoms. The number of rotatable bonds is 5. The second-order valence-electron chi connectivity index (χ2n) is 13.6. The summed E-state index contributed by atoms with van der Waals surface area (Å²) in [6.45, 7) is 0. The summed E-state index contributed by atoms with van der Waals surface area (Å²) in [6, 6.07) is 75.0. The molecular weight excluding hydrogens is 617 g/mol. The van der Waals surface area contributed by atoms with Gasteiger partial charge < -0.3 is 4.74 Å². The molecule has 8 aromatic carbocycles. The van der Waals surface area contributed by atoms with Gasteiger partial charge in [-0.05, 0) is 62.2 Å². The fraction of sp³-hybridized carbons (Fsp3) is 0.0400. The lowest BCUT2D eigenvalue weighted by Crippen LogP contribution is -2.34. The van der Waals surface area contributed by atoms with Crippen LogP contribution in [0.2, 0.25) is 0 Å². The SMILES string of the molecule is c1ccc(C2(c3ccccc3)c3ccccc3-c3ccc(-c4cccc5c4Oc4ccccc4C5(c4ccccc4)c4ccccc4)cc32)cc1. The lowest BCUT2D eigenvalue weighted by Gasteiger charge is -2.42. The lowest BCUT2D eigenvalue weighted by molar-refractivity contribution is 0.436. The summed E-state index contributed by atoms with van der Waals surface area (Å²) < 4.78 is 7.06. The first-order valence-electron chi connectivity index (χ1n) is 17.7. The van der Waals surface area contributed by atoms with Crippen molar-refractivity contribution in [3.63, 3.8) is 0 Å². The highest BCUT2D eigenvalue weighted by atomic mass is 16.5. The van der Waals surface area contributed by atoms with Gasteiger partial charge in [0.2, 0.25) is 0 Å². The molecule has 1 heterocycles. The third-order valence-corrected chi connectivity index (χ3v) is 11.1. The van der Waals surface area contributed by atoms with Gasteiger partial charge in [-0.3, -0.25) is 0 Å². The molecule has 10 rings (SSSR count). The Morgan fingerprint density at radius 2 is 0.725 bits per heavy atom. The van der Waals surface area contributed by atoms with E-state index >= 15 is 0 Å². The minimum absolute atomic E-state index is 0.482. The Morgan fingerprint density at radius 3 is 1.31 bits per heavy atom. The first-order valence-corrected chi connectivity index (χ1v) is 17.7. The molecule has 0 atom stereocenters. The van der Waals surface area contributed by atoms with Gasteiger partial charge in [0.25, 0.3) is 0 Å². The quantitative estimate of drug-likeness (QED) is 0.180. The van der Waals surface area contributed by atoms with Crippen LogP contribution in [0, 0.1) is 0 Å². The highest BCUT2D eigenvalue weighted by Gasteiger charge is 2.48. The maximum absolute atomic E-state index is 7.06. The Labute approximate surface area is 299 Å². The van der Waals surface area contributed by atoms with Gasteiger partial charge in [-0.2, -0.15) is 0 Å². The van der Waals surface area contributed by atoms with Gasteiger partial charge in [0, 0.05) is 16.7 Å². The number of fused-ring (bicyclic) bond motifs is 5. The monoisotopic (exact) mass is 650 g/mol. The van der Waals surface area contributed by atoms with E-state index in [0.717, 1.165) is 33.8 Å². The highest BCUT2D eigenvalue weighted by molar-refractivity contribution is 5.89. The second-order valence-corrected chi connectivity index (χ2v) is 13.6. The Bertz CT molecular complexity index is 2460. The molecule has 240 valence electrons. The Balaban J connectivity index is 1.27. The molecule has 0 radical (unpaired) electrons. The summed E-state index contributed by atoms with van der Waals surface area (Å²) in [5.74, 6) is 1.77. The number of hydrogen-bond acceptors (Lipinski definition) is 1. The first-order chi connectivity index (χ1) is 25.3. The number of benzene rings is 8. The Morgan fingerprint density at radius 1 is 0.294 bits per heavy atom. The molecule has 2 aliphatic rings. The van der Waals surface area contributed by atoms with Crippen LogP contribution in [0.15, 0.2) is 206 Å². The third-order valence-electron chi connectivity index (χ3n) is 11.1. The highest BCUT2D eigenvalue weighted by Crippen LogP contribution is 2.59. The molecule has 0 fully saturated rings. The van der Waals surface area contributed by atoms with E-state index < -0.39 is 10.8 Å². The van der Waals surface area contributed by atoms with Gasteiger partial charge in [0.05, 0.1) is 10.8 Å². The van der Waals surface area contributed by atoms with E-state index in [1.54, 1.807) is 0 Å². The minimum Gasteiger partial charge on any atom is -0.456 e. The van der Waals surface area contributed by atoms with Crippen LogP contribution >= 0.6 is 0 Å².